The topological polar surface area (TPSA) is 92.7 Å². The SMILES string of the molecule is COc1cc(OC)c(NC(=O)c2sc3nc(C)nc(N4CCN(c5ccccn5)CC4)c3c2C)cc1Cl. The van der Waals surface area contributed by atoms with E-state index in [0.29, 0.717) is 32.9 Å². The molecule has 0 aliphatic carbocycles. The molecule has 1 aliphatic heterocycles. The third-order valence-corrected chi connectivity index (χ3v) is 7.84. The fraction of sp³-hybridized carbons (Fsp3) is 0.308. The van der Waals surface area contributed by atoms with Crippen LogP contribution in [-0.2, 0) is 0 Å². The predicted molar refractivity (Wildman–Crippen MR) is 148 cm³/mol. The number of rotatable bonds is 6. The van der Waals surface area contributed by atoms with Crippen LogP contribution in [0, 0.1) is 13.8 Å². The minimum atomic E-state index is -0.261. The van der Waals surface area contributed by atoms with E-state index in [4.69, 9.17) is 26.1 Å². The lowest BCUT2D eigenvalue weighted by Crippen LogP contribution is -2.47. The second kappa shape index (κ2) is 10.4. The zero-order valence-corrected chi connectivity index (χ0v) is 22.6. The maximum atomic E-state index is 13.4. The number of pyridine rings is 1. The Morgan fingerprint density at radius 2 is 1.76 bits per heavy atom. The zero-order chi connectivity index (χ0) is 26.1. The molecule has 4 heterocycles. The number of nitrogens with one attached hydrogen (secondary N) is 1. The van der Waals surface area contributed by atoms with Crippen molar-refractivity contribution in [2.75, 3.05) is 55.5 Å². The number of piperazine rings is 1. The van der Waals surface area contributed by atoms with Gasteiger partial charge >= 0.3 is 0 Å². The van der Waals surface area contributed by atoms with E-state index >= 15 is 0 Å². The van der Waals surface area contributed by atoms with E-state index in [9.17, 15) is 4.79 Å². The zero-order valence-electron chi connectivity index (χ0n) is 21.0. The smallest absolute Gasteiger partial charge is 0.266 e. The average Bonchev–Trinajstić information content (AvgIpc) is 3.25. The average molecular weight is 539 g/mol. The first kappa shape index (κ1) is 25.0. The highest BCUT2D eigenvalue weighted by Crippen LogP contribution is 2.39. The molecule has 1 aliphatic rings. The number of ether oxygens (including phenoxy) is 2. The first-order chi connectivity index (χ1) is 17.9. The number of fused-ring (bicyclic) bond motifs is 1. The van der Waals surface area contributed by atoms with Gasteiger partial charge in [0.15, 0.2) is 0 Å². The van der Waals surface area contributed by atoms with E-state index in [1.807, 2.05) is 38.2 Å². The second-order valence-corrected chi connectivity index (χ2v) is 10.0. The van der Waals surface area contributed by atoms with Crippen LogP contribution in [-0.4, -0.2) is 61.3 Å². The van der Waals surface area contributed by atoms with Gasteiger partial charge in [0.25, 0.3) is 5.91 Å². The number of aromatic nitrogens is 3. The Morgan fingerprint density at radius 3 is 2.43 bits per heavy atom. The van der Waals surface area contributed by atoms with Crippen LogP contribution in [0.5, 0.6) is 11.5 Å². The Hall–Kier alpha value is -3.63. The third-order valence-electron chi connectivity index (χ3n) is 6.36. The van der Waals surface area contributed by atoms with Gasteiger partial charge in [0.05, 0.1) is 35.2 Å². The summed E-state index contributed by atoms with van der Waals surface area (Å²) in [6, 6.07) is 9.22. The third kappa shape index (κ3) is 4.86. The second-order valence-electron chi connectivity index (χ2n) is 8.63. The molecule has 5 rings (SSSR count). The number of anilines is 3. The summed E-state index contributed by atoms with van der Waals surface area (Å²) in [4.78, 5) is 33.2. The van der Waals surface area contributed by atoms with Gasteiger partial charge in [0.1, 0.15) is 33.8 Å². The highest BCUT2D eigenvalue weighted by atomic mass is 35.5. The molecular formula is C26H27ClN6O3S. The molecule has 0 bridgehead atoms. The van der Waals surface area contributed by atoms with E-state index in [1.54, 1.807) is 12.1 Å². The number of thiophene rings is 1. The number of methoxy groups -OCH3 is 2. The molecule has 4 aromatic rings. The van der Waals surface area contributed by atoms with Gasteiger partial charge in [0, 0.05) is 38.4 Å². The van der Waals surface area contributed by atoms with Gasteiger partial charge < -0.3 is 24.6 Å². The lowest BCUT2D eigenvalue weighted by atomic mass is 10.1. The minimum absolute atomic E-state index is 0.261. The van der Waals surface area contributed by atoms with Gasteiger partial charge in [-0.25, -0.2) is 15.0 Å². The Labute approximate surface area is 224 Å². The number of aryl methyl sites for hydroxylation is 2. The maximum absolute atomic E-state index is 13.4. The molecule has 11 heteroatoms. The van der Waals surface area contributed by atoms with Crippen molar-refractivity contribution >= 4 is 56.4 Å². The number of halogens is 1. The lowest BCUT2D eigenvalue weighted by Gasteiger charge is -2.36. The molecule has 0 spiro atoms. The molecule has 1 saturated heterocycles. The summed E-state index contributed by atoms with van der Waals surface area (Å²) in [6.45, 7) is 7.07. The van der Waals surface area contributed by atoms with Crippen molar-refractivity contribution in [3.8, 4) is 11.5 Å². The van der Waals surface area contributed by atoms with Crippen molar-refractivity contribution in [2.24, 2.45) is 0 Å². The molecule has 3 aromatic heterocycles. The number of carbonyl (C=O) groups is 1. The molecule has 0 unspecified atom stereocenters. The van der Waals surface area contributed by atoms with Crippen molar-refractivity contribution in [2.45, 2.75) is 13.8 Å². The van der Waals surface area contributed by atoms with E-state index in [2.05, 4.69) is 25.1 Å². The van der Waals surface area contributed by atoms with Crippen LogP contribution < -0.4 is 24.6 Å². The summed E-state index contributed by atoms with van der Waals surface area (Å²) in [5, 5.41) is 4.22. The number of nitrogens with zero attached hydrogens (tertiary/aromatic N) is 5. The Morgan fingerprint density at radius 1 is 1.03 bits per heavy atom. The van der Waals surface area contributed by atoms with Gasteiger partial charge in [-0.2, -0.15) is 0 Å². The fourth-order valence-corrected chi connectivity index (χ4v) is 5.85. The van der Waals surface area contributed by atoms with Crippen LogP contribution in [0.1, 0.15) is 21.1 Å². The first-order valence-electron chi connectivity index (χ1n) is 11.8. The number of benzene rings is 1. The summed E-state index contributed by atoms with van der Waals surface area (Å²) in [5.41, 5.74) is 1.31. The minimum Gasteiger partial charge on any atom is -0.495 e. The van der Waals surface area contributed by atoms with E-state index in [1.165, 1.54) is 25.6 Å². The van der Waals surface area contributed by atoms with E-state index < -0.39 is 0 Å². The molecule has 1 aromatic carbocycles. The normalized spacial score (nSPS) is 13.6. The largest absolute Gasteiger partial charge is 0.495 e. The van der Waals surface area contributed by atoms with E-state index in [-0.39, 0.29) is 5.91 Å². The maximum Gasteiger partial charge on any atom is 0.266 e. The van der Waals surface area contributed by atoms with Crippen LogP contribution in [0.2, 0.25) is 5.02 Å². The summed E-state index contributed by atoms with van der Waals surface area (Å²) >= 11 is 7.65. The van der Waals surface area contributed by atoms with Gasteiger partial charge in [-0.1, -0.05) is 17.7 Å². The number of hydrogen-bond donors (Lipinski definition) is 1. The molecule has 9 nitrogen and oxygen atoms in total. The van der Waals surface area contributed by atoms with Crippen LogP contribution in [0.15, 0.2) is 36.5 Å². The molecule has 192 valence electrons. The molecule has 0 atom stereocenters. The van der Waals surface area contributed by atoms with Gasteiger partial charge in [-0.3, -0.25) is 4.79 Å². The summed E-state index contributed by atoms with van der Waals surface area (Å²) < 4.78 is 10.7. The fourth-order valence-electron chi connectivity index (χ4n) is 4.49. The van der Waals surface area contributed by atoms with Crippen molar-refractivity contribution in [3.05, 3.63) is 57.8 Å². The molecule has 1 fully saturated rings. The highest BCUT2D eigenvalue weighted by molar-refractivity contribution is 7.20. The Balaban J connectivity index is 1.43. The number of amides is 1. The standard InChI is InChI=1S/C26H27ClN6O3S/c1-15-22-24(33-11-9-32(10-12-33)21-7-5-6-8-28-21)29-16(2)30-26(22)37-23(15)25(34)31-18-13-17(27)19(35-3)14-20(18)36-4/h5-8,13-14H,9-12H2,1-4H3,(H,31,34). The van der Waals surface area contributed by atoms with Crippen molar-refractivity contribution in [1.82, 2.24) is 15.0 Å². The molecule has 0 radical (unpaired) electrons. The summed E-state index contributed by atoms with van der Waals surface area (Å²) in [5.74, 6) is 3.17. The van der Waals surface area contributed by atoms with Crippen molar-refractivity contribution in [3.63, 3.8) is 0 Å². The monoisotopic (exact) mass is 538 g/mol. The summed E-state index contributed by atoms with van der Waals surface area (Å²) in [6.07, 6.45) is 1.82. The quantitative estimate of drug-likeness (QED) is 0.368. The lowest BCUT2D eigenvalue weighted by molar-refractivity contribution is 0.102. The molecular weight excluding hydrogens is 512 g/mol. The molecule has 37 heavy (non-hydrogen) atoms. The Bertz CT molecular complexity index is 1450. The van der Waals surface area contributed by atoms with Crippen molar-refractivity contribution in [1.29, 1.82) is 0 Å². The molecule has 0 saturated carbocycles. The van der Waals surface area contributed by atoms with Crippen LogP contribution in [0.4, 0.5) is 17.3 Å². The molecule has 1 amide bonds. The van der Waals surface area contributed by atoms with Gasteiger partial charge in [-0.05, 0) is 37.6 Å². The first-order valence-corrected chi connectivity index (χ1v) is 13.0. The van der Waals surface area contributed by atoms with Crippen molar-refractivity contribution < 1.29 is 14.3 Å². The van der Waals surface area contributed by atoms with Crippen LogP contribution >= 0.6 is 22.9 Å². The number of carbonyl (C=O) groups excluding carboxylic acids is 1. The molecule has 1 N–H and O–H groups in total. The van der Waals surface area contributed by atoms with Crippen LogP contribution in [0.3, 0.4) is 0 Å². The highest BCUT2D eigenvalue weighted by Gasteiger charge is 2.26. The van der Waals surface area contributed by atoms with Gasteiger partial charge in [-0.15, -0.1) is 11.3 Å². The Kier molecular flexibility index (Phi) is 7.03. The van der Waals surface area contributed by atoms with Crippen LogP contribution in [0.25, 0.3) is 10.2 Å². The number of hydrogen-bond acceptors (Lipinski definition) is 9. The van der Waals surface area contributed by atoms with E-state index in [0.717, 1.165) is 53.6 Å². The van der Waals surface area contributed by atoms with Gasteiger partial charge in [0.2, 0.25) is 0 Å². The predicted octanol–water partition coefficient (Wildman–Crippen LogP) is 4.95. The summed E-state index contributed by atoms with van der Waals surface area (Å²) in [7, 11) is 3.06.